The Bertz CT molecular complexity index is 1210. The molecule has 8 heteroatoms. The molecule has 0 saturated heterocycles. The minimum absolute atomic E-state index is 0.375. The van der Waals surface area contributed by atoms with Gasteiger partial charge in [0.1, 0.15) is 11.5 Å². The zero-order valence-corrected chi connectivity index (χ0v) is 16.3. The highest BCUT2D eigenvalue weighted by Crippen LogP contribution is 2.34. The van der Waals surface area contributed by atoms with E-state index in [0.717, 1.165) is 19.4 Å². The quantitative estimate of drug-likeness (QED) is 0.591. The fourth-order valence-electron chi connectivity index (χ4n) is 2.73. The number of halogens is 1. The monoisotopic (exact) mass is 469 g/mol. The molecule has 0 amide bonds. The molecule has 1 atom stereocenters. The molecule has 1 heterocycles. The Hall–Kier alpha value is -3.24. The second-order valence-corrected chi connectivity index (χ2v) is 7.06. The normalized spacial score (nSPS) is 12.6. The molecule has 3 rings (SSSR count). The van der Waals surface area contributed by atoms with Crippen molar-refractivity contribution < 1.29 is 0 Å². The van der Waals surface area contributed by atoms with E-state index in [2.05, 4.69) is 38.7 Å². The highest BCUT2D eigenvalue weighted by Gasteiger charge is 2.30. The number of aromatic nitrogens is 3. The smallest absolute Gasteiger partial charge is 0.270 e. The van der Waals surface area contributed by atoms with Crippen molar-refractivity contribution in [2.24, 2.45) is 0 Å². The number of hydrogen-bond acceptors (Lipinski definition) is 5. The summed E-state index contributed by atoms with van der Waals surface area (Å²) in [6, 6.07) is 18.4. The van der Waals surface area contributed by atoms with Crippen LogP contribution in [0.3, 0.4) is 0 Å². The number of aromatic amines is 1. The van der Waals surface area contributed by atoms with Crippen molar-refractivity contribution in [2.45, 2.75) is 12.3 Å². The summed E-state index contributed by atoms with van der Waals surface area (Å²) in [5.41, 5.74) is -0.849. The maximum absolute atomic E-state index is 12.0. The number of rotatable bonds is 3. The maximum Gasteiger partial charge on any atom is 0.349 e. The largest absolute Gasteiger partial charge is 0.349 e. The van der Waals surface area contributed by atoms with Gasteiger partial charge in [0.05, 0.1) is 11.8 Å². The summed E-state index contributed by atoms with van der Waals surface area (Å²) in [4.78, 5) is 25.5. The number of nitrogens with one attached hydrogen (secondary N) is 1. The molecule has 0 aliphatic rings. The van der Waals surface area contributed by atoms with E-state index < -0.39 is 22.4 Å². The average Bonchev–Trinajstić information content (AvgIpc) is 2.68. The highest BCUT2D eigenvalue weighted by atomic mass is 127. The average molecular weight is 469 g/mol. The first-order valence-electron chi connectivity index (χ1n) is 7.81. The van der Waals surface area contributed by atoms with Gasteiger partial charge in [-0.1, -0.05) is 30.3 Å². The molecule has 0 aliphatic heterocycles. The van der Waals surface area contributed by atoms with Crippen LogP contribution in [0, 0.1) is 26.2 Å². The van der Waals surface area contributed by atoms with Gasteiger partial charge in [-0.15, -0.1) is 5.10 Å². The third-order valence-electron chi connectivity index (χ3n) is 4.26. The van der Waals surface area contributed by atoms with Crippen LogP contribution in [0.1, 0.15) is 23.7 Å². The molecule has 0 bridgehead atoms. The van der Waals surface area contributed by atoms with Crippen molar-refractivity contribution in [3.8, 4) is 17.8 Å². The Kier molecular flexibility index (Phi) is 4.93. The van der Waals surface area contributed by atoms with Crippen LogP contribution >= 0.6 is 22.6 Å². The van der Waals surface area contributed by atoms with E-state index in [9.17, 15) is 14.9 Å². The van der Waals surface area contributed by atoms with Gasteiger partial charge in [-0.2, -0.15) is 15.2 Å². The predicted octanol–water partition coefficient (Wildman–Crippen LogP) is 2.23. The van der Waals surface area contributed by atoms with E-state index in [0.29, 0.717) is 5.69 Å². The number of hydrogen-bond donors (Lipinski definition) is 1. The van der Waals surface area contributed by atoms with Gasteiger partial charge in [0.25, 0.3) is 5.56 Å². The van der Waals surface area contributed by atoms with Gasteiger partial charge in [0.2, 0.25) is 5.69 Å². The van der Waals surface area contributed by atoms with Gasteiger partial charge in [0, 0.05) is 3.57 Å². The number of nitriles is 2. The Morgan fingerprint density at radius 3 is 2.37 bits per heavy atom. The van der Waals surface area contributed by atoms with E-state index in [-0.39, 0.29) is 0 Å². The van der Waals surface area contributed by atoms with E-state index in [1.54, 1.807) is 30.3 Å². The molecule has 132 valence electrons. The highest BCUT2D eigenvalue weighted by molar-refractivity contribution is 14.1. The Labute approximate surface area is 167 Å². The summed E-state index contributed by atoms with van der Waals surface area (Å²) in [6.07, 6.45) is 0. The number of nitrogens with zero attached hydrogens (tertiary/aromatic N) is 4. The molecular weight excluding hydrogens is 457 g/mol. The fourth-order valence-corrected chi connectivity index (χ4v) is 3.66. The first-order chi connectivity index (χ1) is 12.9. The molecule has 7 nitrogen and oxygen atoms in total. The number of benzene rings is 2. The summed E-state index contributed by atoms with van der Waals surface area (Å²) >= 11 is 2.20. The summed E-state index contributed by atoms with van der Waals surface area (Å²) in [6.45, 7) is 1.83. The molecule has 0 aliphatic carbocycles. The zero-order chi connectivity index (χ0) is 19.6. The molecule has 0 spiro atoms. The lowest BCUT2D eigenvalue weighted by molar-refractivity contribution is 0.725. The minimum Gasteiger partial charge on any atom is -0.270 e. The predicted molar refractivity (Wildman–Crippen MR) is 106 cm³/mol. The van der Waals surface area contributed by atoms with Crippen LogP contribution in [0.15, 0.2) is 58.1 Å². The third-order valence-corrected chi connectivity index (χ3v) is 5.20. The van der Waals surface area contributed by atoms with Crippen molar-refractivity contribution in [1.82, 2.24) is 14.8 Å². The van der Waals surface area contributed by atoms with E-state index in [4.69, 9.17) is 5.26 Å². The van der Waals surface area contributed by atoms with E-state index in [1.165, 1.54) is 0 Å². The summed E-state index contributed by atoms with van der Waals surface area (Å²) < 4.78 is 1.92. The van der Waals surface area contributed by atoms with Crippen molar-refractivity contribution in [3.63, 3.8) is 0 Å². The van der Waals surface area contributed by atoms with Crippen LogP contribution < -0.4 is 11.2 Å². The van der Waals surface area contributed by atoms with Gasteiger partial charge < -0.3 is 0 Å². The van der Waals surface area contributed by atoms with Crippen LogP contribution in [-0.4, -0.2) is 14.8 Å². The zero-order valence-electron chi connectivity index (χ0n) is 14.1. The van der Waals surface area contributed by atoms with Gasteiger partial charge in [-0.3, -0.25) is 9.78 Å². The molecule has 1 aromatic heterocycles. The number of H-pyrrole nitrogens is 1. The SMILES string of the molecule is CC(C#N)(c1ccc(-n2nc(C#N)c(=O)[nH]c2=O)cc1)c1ccccc1I. The van der Waals surface area contributed by atoms with Crippen molar-refractivity contribution in [1.29, 1.82) is 10.5 Å². The maximum atomic E-state index is 12.0. The summed E-state index contributed by atoms with van der Waals surface area (Å²) in [5.74, 6) is 0. The van der Waals surface area contributed by atoms with Gasteiger partial charge in [-0.05, 0) is 58.8 Å². The van der Waals surface area contributed by atoms with Crippen LogP contribution in [0.4, 0.5) is 0 Å². The molecule has 3 aromatic rings. The second kappa shape index (κ2) is 7.17. The minimum atomic E-state index is -0.877. The first kappa shape index (κ1) is 18.5. The first-order valence-corrected chi connectivity index (χ1v) is 8.89. The third kappa shape index (κ3) is 3.27. The van der Waals surface area contributed by atoms with Crippen molar-refractivity contribution >= 4 is 22.6 Å². The van der Waals surface area contributed by atoms with Crippen molar-refractivity contribution in [2.75, 3.05) is 0 Å². The van der Waals surface area contributed by atoms with Crippen LogP contribution in [0.5, 0.6) is 0 Å². The topological polar surface area (TPSA) is 115 Å². The molecule has 1 unspecified atom stereocenters. The lowest BCUT2D eigenvalue weighted by Gasteiger charge is -2.24. The second-order valence-electron chi connectivity index (χ2n) is 5.90. The van der Waals surface area contributed by atoms with Gasteiger partial charge >= 0.3 is 5.69 Å². The molecule has 0 saturated carbocycles. The molecule has 0 radical (unpaired) electrons. The van der Waals surface area contributed by atoms with Crippen LogP contribution in [-0.2, 0) is 5.41 Å². The summed E-state index contributed by atoms with van der Waals surface area (Å²) in [5, 5.41) is 22.6. The lowest BCUT2D eigenvalue weighted by atomic mass is 9.77. The van der Waals surface area contributed by atoms with Crippen molar-refractivity contribution in [3.05, 3.63) is 89.8 Å². The molecular formula is C19H12IN5O2. The van der Waals surface area contributed by atoms with Crippen LogP contribution in [0.25, 0.3) is 5.69 Å². The van der Waals surface area contributed by atoms with E-state index >= 15 is 0 Å². The fraction of sp³-hybridized carbons (Fsp3) is 0.105. The standard InChI is InChI=1S/C19H12IN5O2/c1-19(11-22,14-4-2-3-5-15(14)20)12-6-8-13(9-7-12)25-18(27)23-17(26)16(10-21)24-25/h2-9H,1H3,(H,23,26,27). The Morgan fingerprint density at radius 2 is 1.78 bits per heavy atom. The molecule has 27 heavy (non-hydrogen) atoms. The Morgan fingerprint density at radius 1 is 1.11 bits per heavy atom. The molecule has 0 fully saturated rings. The lowest BCUT2D eigenvalue weighted by Crippen LogP contribution is -2.33. The summed E-state index contributed by atoms with van der Waals surface area (Å²) in [7, 11) is 0. The Balaban J connectivity index is 2.10. The molecule has 1 N–H and O–H groups in total. The molecule has 2 aromatic carbocycles. The van der Waals surface area contributed by atoms with Gasteiger partial charge in [-0.25, -0.2) is 4.79 Å². The van der Waals surface area contributed by atoms with E-state index in [1.807, 2.05) is 31.2 Å². The van der Waals surface area contributed by atoms with Crippen LogP contribution in [0.2, 0.25) is 0 Å². The van der Waals surface area contributed by atoms with Gasteiger partial charge in [0.15, 0.2) is 0 Å².